The molecule has 0 aliphatic carbocycles. The van der Waals surface area contributed by atoms with Gasteiger partial charge in [0.1, 0.15) is 10.7 Å². The van der Waals surface area contributed by atoms with Crippen LogP contribution in [0.4, 0.5) is 5.88 Å². The molecule has 16 heavy (non-hydrogen) atoms. The molecule has 1 heterocycles. The zero-order valence-electron chi connectivity index (χ0n) is 10.1. The van der Waals surface area contributed by atoms with E-state index in [4.69, 9.17) is 4.42 Å². The molecule has 0 amide bonds. The number of nitro groups is 1. The summed E-state index contributed by atoms with van der Waals surface area (Å²) in [5.74, 6) is 0.378. The quantitative estimate of drug-likeness (QED) is 0.633. The molecule has 0 aromatic carbocycles. The summed E-state index contributed by atoms with van der Waals surface area (Å²) in [5, 5.41) is 13.7. The molecule has 1 atom stereocenters. The molecular formula is C11H18N2O3. The molecule has 5 heteroatoms. The van der Waals surface area contributed by atoms with Gasteiger partial charge in [-0.3, -0.25) is 10.1 Å². The molecular weight excluding hydrogens is 208 g/mol. The van der Waals surface area contributed by atoms with E-state index in [-0.39, 0.29) is 11.3 Å². The van der Waals surface area contributed by atoms with E-state index in [0.29, 0.717) is 18.3 Å². The van der Waals surface area contributed by atoms with Crippen LogP contribution in [-0.2, 0) is 6.54 Å². The molecule has 1 N–H and O–H groups in total. The molecule has 0 radical (unpaired) electrons. The lowest BCUT2D eigenvalue weighted by Crippen LogP contribution is -2.37. The highest BCUT2D eigenvalue weighted by Crippen LogP contribution is 2.20. The van der Waals surface area contributed by atoms with Crippen molar-refractivity contribution in [2.45, 2.75) is 40.3 Å². The summed E-state index contributed by atoms with van der Waals surface area (Å²) in [7, 11) is 0. The fraction of sp³-hybridized carbons (Fsp3) is 0.636. The number of furan rings is 1. The second kappa shape index (κ2) is 4.65. The Bertz CT molecular complexity index is 366. The summed E-state index contributed by atoms with van der Waals surface area (Å²) in [6.07, 6.45) is 0. The van der Waals surface area contributed by atoms with Gasteiger partial charge in [-0.25, -0.2) is 0 Å². The first-order valence-corrected chi connectivity index (χ1v) is 5.27. The fourth-order valence-electron chi connectivity index (χ4n) is 1.12. The highest BCUT2D eigenvalue weighted by molar-refractivity contribution is 5.17. The van der Waals surface area contributed by atoms with Crippen molar-refractivity contribution in [3.63, 3.8) is 0 Å². The van der Waals surface area contributed by atoms with Crippen molar-refractivity contribution in [3.8, 4) is 0 Å². The lowest BCUT2D eigenvalue weighted by molar-refractivity contribution is -0.402. The Labute approximate surface area is 95.0 Å². The van der Waals surface area contributed by atoms with Crippen LogP contribution in [0, 0.1) is 15.5 Å². The smallest absolute Gasteiger partial charge is 0.404 e. The van der Waals surface area contributed by atoms with Crippen molar-refractivity contribution < 1.29 is 9.34 Å². The van der Waals surface area contributed by atoms with E-state index in [2.05, 4.69) is 33.0 Å². The van der Waals surface area contributed by atoms with Gasteiger partial charge in [0.2, 0.25) is 0 Å². The molecule has 0 bridgehead atoms. The van der Waals surface area contributed by atoms with Crippen LogP contribution in [-0.4, -0.2) is 11.0 Å². The summed E-state index contributed by atoms with van der Waals surface area (Å²) < 4.78 is 5.05. The van der Waals surface area contributed by atoms with Gasteiger partial charge in [-0.1, -0.05) is 20.8 Å². The van der Waals surface area contributed by atoms with Gasteiger partial charge in [0.05, 0.1) is 12.6 Å². The maximum atomic E-state index is 10.4. The molecule has 90 valence electrons. The van der Waals surface area contributed by atoms with Crippen LogP contribution in [0.3, 0.4) is 0 Å². The first-order valence-electron chi connectivity index (χ1n) is 5.27. The second-order valence-electron chi connectivity index (χ2n) is 4.97. The highest BCUT2D eigenvalue weighted by Gasteiger charge is 2.20. The van der Waals surface area contributed by atoms with E-state index in [1.54, 1.807) is 6.07 Å². The van der Waals surface area contributed by atoms with Gasteiger partial charge in [0.25, 0.3) is 0 Å². The monoisotopic (exact) mass is 226 g/mol. The van der Waals surface area contributed by atoms with Crippen LogP contribution in [0.1, 0.15) is 33.5 Å². The topological polar surface area (TPSA) is 68.3 Å². The Morgan fingerprint density at radius 3 is 2.56 bits per heavy atom. The van der Waals surface area contributed by atoms with Crippen molar-refractivity contribution in [2.24, 2.45) is 5.41 Å². The lowest BCUT2D eigenvalue weighted by Gasteiger charge is -2.27. The van der Waals surface area contributed by atoms with Gasteiger partial charge in [-0.15, -0.1) is 0 Å². The van der Waals surface area contributed by atoms with E-state index in [1.165, 1.54) is 6.07 Å². The first-order chi connectivity index (χ1) is 7.30. The Morgan fingerprint density at radius 1 is 1.50 bits per heavy atom. The largest absolute Gasteiger partial charge is 0.433 e. The first kappa shape index (κ1) is 12.7. The number of nitrogens with one attached hydrogen (secondary N) is 1. The third-order valence-electron chi connectivity index (χ3n) is 2.71. The molecule has 0 saturated heterocycles. The molecule has 0 fully saturated rings. The molecule has 0 saturated carbocycles. The third-order valence-corrected chi connectivity index (χ3v) is 2.71. The summed E-state index contributed by atoms with van der Waals surface area (Å²) in [5.41, 5.74) is 0.151. The van der Waals surface area contributed by atoms with E-state index < -0.39 is 4.92 Å². The maximum Gasteiger partial charge on any atom is 0.433 e. The van der Waals surface area contributed by atoms with Gasteiger partial charge >= 0.3 is 5.88 Å². The van der Waals surface area contributed by atoms with E-state index in [9.17, 15) is 10.1 Å². The van der Waals surface area contributed by atoms with Crippen molar-refractivity contribution >= 4 is 5.88 Å². The summed E-state index contributed by atoms with van der Waals surface area (Å²) >= 11 is 0. The Hall–Kier alpha value is -1.36. The zero-order chi connectivity index (χ0) is 12.3. The van der Waals surface area contributed by atoms with Crippen LogP contribution in [0.25, 0.3) is 0 Å². The summed E-state index contributed by atoms with van der Waals surface area (Å²) in [4.78, 5) is 9.87. The predicted octanol–water partition coefficient (Wildman–Crippen LogP) is 2.71. The number of rotatable bonds is 4. The SMILES string of the molecule is CC(NCc1ccc([N+](=O)[O-])o1)C(C)(C)C. The summed E-state index contributed by atoms with van der Waals surface area (Å²) in [6.45, 7) is 8.99. The molecule has 1 rings (SSSR count). The molecule has 1 aromatic rings. The van der Waals surface area contributed by atoms with Gasteiger partial charge in [-0.2, -0.15) is 0 Å². The molecule has 0 aliphatic heterocycles. The molecule has 1 aromatic heterocycles. The minimum absolute atomic E-state index is 0.151. The molecule has 0 spiro atoms. The van der Waals surface area contributed by atoms with Crippen molar-refractivity contribution in [2.75, 3.05) is 0 Å². The van der Waals surface area contributed by atoms with Crippen LogP contribution >= 0.6 is 0 Å². The lowest BCUT2D eigenvalue weighted by atomic mass is 9.88. The number of hydrogen-bond donors (Lipinski definition) is 1. The average Bonchev–Trinajstić information content (AvgIpc) is 2.60. The Kier molecular flexibility index (Phi) is 3.70. The molecule has 1 unspecified atom stereocenters. The third kappa shape index (κ3) is 3.34. The van der Waals surface area contributed by atoms with Gasteiger partial charge in [0.15, 0.2) is 0 Å². The summed E-state index contributed by atoms with van der Waals surface area (Å²) in [6, 6.07) is 3.30. The fourth-order valence-corrected chi connectivity index (χ4v) is 1.12. The van der Waals surface area contributed by atoms with Crippen LogP contribution in [0.5, 0.6) is 0 Å². The van der Waals surface area contributed by atoms with E-state index in [1.807, 2.05) is 0 Å². The van der Waals surface area contributed by atoms with Crippen molar-refractivity contribution in [1.82, 2.24) is 5.32 Å². The standard InChI is InChI=1S/C11H18N2O3/c1-8(11(2,3)4)12-7-9-5-6-10(16-9)13(14)15/h5-6,8,12H,7H2,1-4H3. The zero-order valence-corrected chi connectivity index (χ0v) is 10.1. The molecule has 5 nitrogen and oxygen atoms in total. The van der Waals surface area contributed by atoms with Gasteiger partial charge < -0.3 is 9.73 Å². The van der Waals surface area contributed by atoms with Crippen LogP contribution in [0.15, 0.2) is 16.5 Å². The number of hydrogen-bond acceptors (Lipinski definition) is 4. The van der Waals surface area contributed by atoms with Crippen molar-refractivity contribution in [1.29, 1.82) is 0 Å². The van der Waals surface area contributed by atoms with E-state index in [0.717, 1.165) is 0 Å². The number of nitrogens with zero attached hydrogens (tertiary/aromatic N) is 1. The Morgan fingerprint density at radius 2 is 2.12 bits per heavy atom. The van der Waals surface area contributed by atoms with Gasteiger partial charge in [-0.05, 0) is 18.4 Å². The average molecular weight is 226 g/mol. The van der Waals surface area contributed by atoms with Crippen molar-refractivity contribution in [3.05, 3.63) is 28.0 Å². The van der Waals surface area contributed by atoms with Gasteiger partial charge in [0, 0.05) is 6.04 Å². The van der Waals surface area contributed by atoms with E-state index >= 15 is 0 Å². The maximum absolute atomic E-state index is 10.4. The predicted molar refractivity (Wildman–Crippen MR) is 61.1 cm³/mol. The highest BCUT2D eigenvalue weighted by atomic mass is 16.6. The van der Waals surface area contributed by atoms with Crippen LogP contribution < -0.4 is 5.32 Å². The minimum atomic E-state index is -0.531. The minimum Gasteiger partial charge on any atom is -0.404 e. The Balaban J connectivity index is 2.52. The second-order valence-corrected chi connectivity index (χ2v) is 4.97. The normalized spacial score (nSPS) is 13.8. The molecule has 0 aliphatic rings. The van der Waals surface area contributed by atoms with Crippen LogP contribution in [0.2, 0.25) is 0 Å².